The van der Waals surface area contributed by atoms with E-state index < -0.39 is 8.07 Å². The predicted molar refractivity (Wildman–Crippen MR) is 149 cm³/mol. The minimum absolute atomic E-state index is 0.789. The summed E-state index contributed by atoms with van der Waals surface area (Å²) in [5, 5.41) is 10.7. The van der Waals surface area contributed by atoms with E-state index in [1.165, 1.54) is 25.6 Å². The summed E-state index contributed by atoms with van der Waals surface area (Å²) in [5.74, 6) is 0.789. The van der Waals surface area contributed by atoms with Gasteiger partial charge in [-0.05, 0) is 26.8 Å². The molecule has 2 nitrogen and oxygen atoms in total. The normalized spacial score (nSPS) is 13.1. The predicted octanol–water partition coefficient (Wildman–Crippen LogP) is 5.56. The minimum Gasteiger partial charge on any atom is -0.0737 e. The van der Waals surface area contributed by atoms with E-state index in [0.717, 1.165) is 17.3 Å². The number of benzene rings is 5. The van der Waals surface area contributed by atoms with Gasteiger partial charge in [-0.3, -0.25) is 0 Å². The van der Waals surface area contributed by atoms with Gasteiger partial charge >= 0.3 is 0 Å². The van der Waals surface area contributed by atoms with Crippen molar-refractivity contribution in [3.8, 4) is 0 Å². The summed E-state index contributed by atoms with van der Waals surface area (Å²) in [6.07, 6.45) is 0. The molecule has 0 fully saturated rings. The zero-order valence-corrected chi connectivity index (χ0v) is 21.1. The second kappa shape index (κ2) is 9.49. The van der Waals surface area contributed by atoms with Gasteiger partial charge in [-0.25, -0.2) is 0 Å². The average Bonchev–Trinajstić information content (AvgIpc) is 2.95. The molecule has 0 N–H and O–H groups in total. The van der Waals surface area contributed by atoms with Crippen LogP contribution in [0.2, 0.25) is 0 Å². The summed E-state index contributed by atoms with van der Waals surface area (Å²) in [6.45, 7) is 0. The molecular formula is C31H25N2SSi+. The molecular weight excluding hydrogens is 461 g/mol. The first-order valence-electron chi connectivity index (χ1n) is 11.8. The Morgan fingerprint density at radius 2 is 1.03 bits per heavy atom. The van der Waals surface area contributed by atoms with Gasteiger partial charge < -0.3 is 0 Å². The van der Waals surface area contributed by atoms with Crippen LogP contribution in [0.1, 0.15) is 0 Å². The summed E-state index contributed by atoms with van der Waals surface area (Å²) in [5.41, 5.74) is 2.16. The van der Waals surface area contributed by atoms with Crippen molar-refractivity contribution in [2.75, 3.05) is 5.88 Å². The minimum atomic E-state index is -2.58. The van der Waals surface area contributed by atoms with Crippen LogP contribution in [0, 0.1) is 0 Å². The third kappa shape index (κ3) is 3.85. The van der Waals surface area contributed by atoms with Crippen molar-refractivity contribution in [1.82, 2.24) is 0 Å². The molecule has 0 amide bonds. The third-order valence-electron chi connectivity index (χ3n) is 6.63. The molecule has 0 atom stereocenters. The van der Waals surface area contributed by atoms with Crippen LogP contribution >= 0.6 is 11.8 Å². The van der Waals surface area contributed by atoms with Crippen LogP contribution in [-0.4, -0.2) is 18.6 Å². The van der Waals surface area contributed by atoms with Crippen LogP contribution in [-0.2, 0) is 0 Å². The van der Waals surface area contributed by atoms with E-state index in [4.69, 9.17) is 5.11 Å². The van der Waals surface area contributed by atoms with E-state index in [2.05, 4.69) is 138 Å². The van der Waals surface area contributed by atoms with Crippen molar-refractivity contribution in [3.05, 3.63) is 140 Å². The molecule has 35 heavy (non-hydrogen) atoms. The van der Waals surface area contributed by atoms with Crippen LogP contribution in [0.5, 0.6) is 0 Å². The molecule has 1 heterocycles. The molecule has 0 saturated heterocycles. The van der Waals surface area contributed by atoms with Crippen LogP contribution in [0.25, 0.3) is 0 Å². The molecule has 0 radical (unpaired) electrons. The van der Waals surface area contributed by atoms with E-state index in [0.29, 0.717) is 0 Å². The second-order valence-corrected chi connectivity index (χ2v) is 13.3. The number of nitrogens with zero attached hydrogens (tertiary/aromatic N) is 2. The molecule has 5 aromatic carbocycles. The van der Waals surface area contributed by atoms with Gasteiger partial charge in [0.25, 0.3) is 0 Å². The zero-order chi connectivity index (χ0) is 23.5. The molecule has 5 aromatic rings. The molecule has 0 bridgehead atoms. The quantitative estimate of drug-likeness (QED) is 0.181. The summed E-state index contributed by atoms with van der Waals surface area (Å²) < 4.78 is 2.10. The molecule has 0 aromatic heterocycles. The Hall–Kier alpha value is -3.73. The number of fused-ring (bicyclic) bond motifs is 1. The van der Waals surface area contributed by atoms with Gasteiger partial charge in [-0.15, -0.1) is 0 Å². The largest absolute Gasteiger partial charge is 0.232 e. The van der Waals surface area contributed by atoms with Crippen molar-refractivity contribution in [3.63, 3.8) is 0 Å². The Morgan fingerprint density at radius 3 is 1.54 bits per heavy atom. The van der Waals surface area contributed by atoms with Crippen molar-refractivity contribution < 1.29 is 4.70 Å². The smallest absolute Gasteiger partial charge is 0.0737 e. The van der Waals surface area contributed by atoms with Gasteiger partial charge in [-0.1, -0.05) is 138 Å². The number of para-hydroxylation sites is 1. The highest BCUT2D eigenvalue weighted by Gasteiger charge is 2.44. The Morgan fingerprint density at radius 1 is 0.543 bits per heavy atom. The molecule has 6 rings (SSSR count). The monoisotopic (exact) mass is 485 g/mol. The summed E-state index contributed by atoms with van der Waals surface area (Å²) in [7, 11) is -2.58. The van der Waals surface area contributed by atoms with Gasteiger partial charge in [-0.2, -0.15) is 0 Å². The molecule has 0 spiro atoms. The molecule has 1 aliphatic heterocycles. The number of azo groups is 2. The van der Waals surface area contributed by atoms with E-state index >= 15 is 0 Å². The number of rotatable bonds is 5. The van der Waals surface area contributed by atoms with Crippen LogP contribution in [0.3, 0.4) is 0 Å². The first-order valence-corrected chi connectivity index (χ1v) is 14.8. The van der Waals surface area contributed by atoms with E-state index in [1.54, 1.807) is 0 Å². The highest BCUT2D eigenvalue weighted by molar-refractivity contribution is 7.99. The van der Waals surface area contributed by atoms with Gasteiger partial charge in [0.2, 0.25) is 11.6 Å². The maximum Gasteiger partial charge on any atom is 0.232 e. The van der Waals surface area contributed by atoms with Crippen molar-refractivity contribution in [1.29, 1.82) is 0 Å². The van der Waals surface area contributed by atoms with Gasteiger partial charge in [0, 0.05) is 22.1 Å². The lowest BCUT2D eigenvalue weighted by Gasteiger charge is -2.36. The van der Waals surface area contributed by atoms with Gasteiger partial charge in [0.1, 0.15) is 5.69 Å². The Labute approximate surface area is 211 Å². The van der Waals surface area contributed by atoms with E-state index in [1.807, 2.05) is 17.8 Å². The highest BCUT2D eigenvalue weighted by Crippen LogP contribution is 2.36. The van der Waals surface area contributed by atoms with Crippen LogP contribution in [0.4, 0.5) is 11.4 Å². The first kappa shape index (κ1) is 21.8. The van der Waals surface area contributed by atoms with Crippen LogP contribution < -0.4 is 20.7 Å². The lowest BCUT2D eigenvalue weighted by atomic mass is 10.3. The molecule has 1 aliphatic rings. The van der Waals surface area contributed by atoms with Crippen LogP contribution in [0.15, 0.2) is 150 Å². The van der Waals surface area contributed by atoms with Gasteiger partial charge in [0.15, 0.2) is 8.07 Å². The topological polar surface area (TPSA) is 15.4 Å². The third-order valence-corrected chi connectivity index (χ3v) is 12.7. The molecule has 0 aliphatic carbocycles. The second-order valence-electron chi connectivity index (χ2n) is 8.61. The standard InChI is InChI=1S/C31H25N2SSi/c1-5-14-25(15-6-1)33-24-34-31-29(32-33)22-13-23-30(31)35(26-16-7-2-8-17-26,27-18-9-3-10-19-27)28-20-11-4-12-21-28/h1-23H,24H2/q+1. The molecule has 4 heteroatoms. The highest BCUT2D eigenvalue weighted by atomic mass is 32.2. The molecule has 0 saturated carbocycles. The number of thioether (sulfide) groups is 1. The average molecular weight is 486 g/mol. The first-order chi connectivity index (χ1) is 17.4. The van der Waals surface area contributed by atoms with Gasteiger partial charge in [0.05, 0.1) is 0 Å². The zero-order valence-electron chi connectivity index (χ0n) is 19.3. The number of hydrogen-bond acceptors (Lipinski definition) is 2. The Balaban J connectivity index is 1.66. The van der Waals surface area contributed by atoms with Crippen molar-refractivity contribution in [2.24, 2.45) is 5.11 Å². The van der Waals surface area contributed by atoms with E-state index in [9.17, 15) is 0 Å². The van der Waals surface area contributed by atoms with E-state index in [-0.39, 0.29) is 0 Å². The fourth-order valence-corrected chi connectivity index (χ4v) is 11.5. The summed E-state index contributed by atoms with van der Waals surface area (Å²) in [4.78, 5) is 1.29. The Bertz CT molecular complexity index is 1370. The maximum absolute atomic E-state index is 5.11. The Kier molecular flexibility index (Phi) is 5.90. The molecule has 0 unspecified atom stereocenters. The SMILES string of the molecule is c1ccc([N+]2=Nc3cccc([Si](c4ccccc4)(c4ccccc4)c4ccccc4)c3SC2)cc1. The fourth-order valence-electron chi connectivity index (χ4n) is 5.10. The lowest BCUT2D eigenvalue weighted by Crippen LogP contribution is -2.75. The number of hydrogen-bond donors (Lipinski definition) is 0. The lowest BCUT2D eigenvalue weighted by molar-refractivity contribution is -0.488. The maximum atomic E-state index is 5.11. The molecule has 168 valence electrons. The fraction of sp³-hybridized carbons (Fsp3) is 0.0323. The van der Waals surface area contributed by atoms with Crippen molar-refractivity contribution in [2.45, 2.75) is 4.90 Å². The van der Waals surface area contributed by atoms with Crippen molar-refractivity contribution >= 4 is 52.0 Å². The summed E-state index contributed by atoms with van der Waals surface area (Å²) in [6, 6.07) is 50.4. The summed E-state index contributed by atoms with van der Waals surface area (Å²) >= 11 is 1.90.